The van der Waals surface area contributed by atoms with Crippen molar-refractivity contribution in [1.29, 1.82) is 0 Å². The van der Waals surface area contributed by atoms with E-state index in [9.17, 15) is 8.42 Å². The minimum absolute atomic E-state index is 0.120. The Morgan fingerprint density at radius 3 is 2.74 bits per heavy atom. The molecule has 0 aliphatic rings. The summed E-state index contributed by atoms with van der Waals surface area (Å²) in [5.41, 5.74) is 5.91. The number of aryl methyl sites for hydroxylation is 1. The Balaban J connectivity index is 1.90. The molecule has 0 unspecified atom stereocenters. The minimum Gasteiger partial charge on any atom is -0.398 e. The Morgan fingerprint density at radius 2 is 2.05 bits per heavy atom. The molecule has 0 saturated heterocycles. The maximum atomic E-state index is 12.0. The summed E-state index contributed by atoms with van der Waals surface area (Å²) >= 11 is 0. The van der Waals surface area contributed by atoms with Crippen molar-refractivity contribution in [3.63, 3.8) is 0 Å². The number of nitrogens with zero attached hydrogens (tertiary/aromatic N) is 2. The lowest BCUT2D eigenvalue weighted by Crippen LogP contribution is -2.26. The summed E-state index contributed by atoms with van der Waals surface area (Å²) in [4.78, 5) is 0.120. The van der Waals surface area contributed by atoms with Crippen LogP contribution in [0, 0.1) is 0 Å². The fourth-order valence-electron chi connectivity index (χ4n) is 1.68. The van der Waals surface area contributed by atoms with Gasteiger partial charge >= 0.3 is 0 Å². The Morgan fingerprint density at radius 1 is 1.26 bits per heavy atom. The number of rotatable bonds is 6. The van der Waals surface area contributed by atoms with Crippen LogP contribution in [0.4, 0.5) is 5.69 Å². The summed E-state index contributed by atoms with van der Waals surface area (Å²) in [6.07, 6.45) is 4.19. The van der Waals surface area contributed by atoms with Crippen molar-refractivity contribution < 1.29 is 8.42 Å². The molecule has 2 rings (SSSR count). The van der Waals surface area contributed by atoms with Gasteiger partial charge in [-0.1, -0.05) is 12.1 Å². The fraction of sp³-hybridized carbons (Fsp3) is 0.250. The minimum atomic E-state index is -3.54. The molecule has 6 nitrogen and oxygen atoms in total. The molecule has 0 bridgehead atoms. The van der Waals surface area contributed by atoms with E-state index >= 15 is 0 Å². The molecule has 0 saturated carbocycles. The van der Waals surface area contributed by atoms with Crippen molar-refractivity contribution in [3.8, 4) is 0 Å². The molecule has 0 aliphatic carbocycles. The van der Waals surface area contributed by atoms with Crippen LogP contribution in [-0.4, -0.2) is 24.7 Å². The van der Waals surface area contributed by atoms with Crippen molar-refractivity contribution in [2.24, 2.45) is 0 Å². The summed E-state index contributed by atoms with van der Waals surface area (Å²) in [6.45, 7) is 1.01. The first-order chi connectivity index (χ1) is 9.09. The van der Waals surface area contributed by atoms with Crippen molar-refractivity contribution in [2.75, 3.05) is 12.3 Å². The van der Waals surface area contributed by atoms with Gasteiger partial charge in [0.2, 0.25) is 10.0 Å². The molecule has 0 aliphatic heterocycles. The lowest BCUT2D eigenvalue weighted by Gasteiger charge is -2.08. The molecular weight excluding hydrogens is 264 g/mol. The maximum Gasteiger partial charge on any atom is 0.242 e. The number of nitrogens with two attached hydrogens (primary N) is 1. The Hall–Kier alpha value is -1.86. The van der Waals surface area contributed by atoms with E-state index in [4.69, 9.17) is 5.73 Å². The topological polar surface area (TPSA) is 90.0 Å². The van der Waals surface area contributed by atoms with Gasteiger partial charge in [0.25, 0.3) is 0 Å². The van der Waals surface area contributed by atoms with E-state index in [1.54, 1.807) is 29.1 Å². The average molecular weight is 280 g/mol. The first-order valence-electron chi connectivity index (χ1n) is 5.91. The van der Waals surface area contributed by atoms with Gasteiger partial charge in [0.15, 0.2) is 0 Å². The van der Waals surface area contributed by atoms with Crippen LogP contribution in [0.5, 0.6) is 0 Å². The Bertz CT molecular complexity index is 623. The second-order valence-electron chi connectivity index (χ2n) is 4.06. The average Bonchev–Trinajstić information content (AvgIpc) is 2.88. The normalized spacial score (nSPS) is 11.6. The van der Waals surface area contributed by atoms with Crippen LogP contribution in [0.15, 0.2) is 47.6 Å². The number of anilines is 1. The van der Waals surface area contributed by atoms with Crippen LogP contribution in [0.25, 0.3) is 0 Å². The van der Waals surface area contributed by atoms with Gasteiger partial charge in [-0.05, 0) is 24.6 Å². The third-order valence-electron chi connectivity index (χ3n) is 2.62. The smallest absolute Gasteiger partial charge is 0.242 e. The zero-order valence-electron chi connectivity index (χ0n) is 10.4. The van der Waals surface area contributed by atoms with Crippen LogP contribution in [-0.2, 0) is 16.6 Å². The van der Waals surface area contributed by atoms with Gasteiger partial charge in [-0.25, -0.2) is 13.1 Å². The van der Waals surface area contributed by atoms with Crippen LogP contribution < -0.4 is 10.5 Å². The molecule has 7 heteroatoms. The van der Waals surface area contributed by atoms with E-state index in [1.165, 1.54) is 6.07 Å². The van der Waals surface area contributed by atoms with E-state index < -0.39 is 10.0 Å². The molecule has 0 atom stereocenters. The number of benzene rings is 1. The van der Waals surface area contributed by atoms with Gasteiger partial charge < -0.3 is 5.73 Å². The third kappa shape index (κ3) is 3.55. The number of nitrogens with one attached hydrogen (secondary N) is 1. The van der Waals surface area contributed by atoms with Gasteiger partial charge in [0.05, 0.1) is 5.69 Å². The first kappa shape index (κ1) is 13.6. The van der Waals surface area contributed by atoms with Crippen LogP contribution >= 0.6 is 0 Å². The second kappa shape index (κ2) is 5.85. The maximum absolute atomic E-state index is 12.0. The van der Waals surface area contributed by atoms with Crippen LogP contribution in [0.2, 0.25) is 0 Å². The molecule has 0 spiro atoms. The summed E-state index contributed by atoms with van der Waals surface area (Å²) in [7, 11) is -3.54. The first-order valence-corrected chi connectivity index (χ1v) is 7.39. The van der Waals surface area contributed by atoms with Crippen molar-refractivity contribution in [3.05, 3.63) is 42.7 Å². The summed E-state index contributed by atoms with van der Waals surface area (Å²) in [6, 6.07) is 8.24. The lowest BCUT2D eigenvalue weighted by atomic mass is 10.3. The number of nitrogen functional groups attached to an aromatic ring is 1. The third-order valence-corrected chi connectivity index (χ3v) is 4.16. The highest BCUT2D eigenvalue weighted by atomic mass is 32.2. The lowest BCUT2D eigenvalue weighted by molar-refractivity contribution is 0.553. The summed E-state index contributed by atoms with van der Waals surface area (Å²) in [5, 5.41) is 4.04. The number of hydrogen-bond acceptors (Lipinski definition) is 4. The van der Waals surface area contributed by atoms with Crippen molar-refractivity contribution >= 4 is 15.7 Å². The van der Waals surface area contributed by atoms with E-state index in [-0.39, 0.29) is 10.6 Å². The van der Waals surface area contributed by atoms with Crippen LogP contribution in [0.1, 0.15) is 6.42 Å². The van der Waals surface area contributed by atoms with Gasteiger partial charge in [0, 0.05) is 25.5 Å². The molecule has 19 heavy (non-hydrogen) atoms. The monoisotopic (exact) mass is 280 g/mol. The molecule has 102 valence electrons. The highest BCUT2D eigenvalue weighted by Gasteiger charge is 2.15. The number of para-hydroxylation sites is 1. The molecule has 1 aromatic carbocycles. The molecule has 0 fully saturated rings. The van der Waals surface area contributed by atoms with Gasteiger partial charge in [-0.15, -0.1) is 0 Å². The van der Waals surface area contributed by atoms with Crippen molar-refractivity contribution in [1.82, 2.24) is 14.5 Å². The Kier molecular flexibility index (Phi) is 4.18. The van der Waals surface area contributed by atoms with Gasteiger partial charge in [-0.2, -0.15) is 5.10 Å². The van der Waals surface area contributed by atoms with Gasteiger partial charge in [0.1, 0.15) is 4.90 Å². The number of aromatic nitrogens is 2. The predicted molar refractivity (Wildman–Crippen MR) is 72.9 cm³/mol. The molecular formula is C12H16N4O2S. The molecule has 2 aromatic rings. The number of hydrogen-bond donors (Lipinski definition) is 2. The standard InChI is InChI=1S/C12H16N4O2S/c13-11-5-1-2-6-12(11)19(17,18)15-8-4-10-16-9-3-7-14-16/h1-3,5-7,9,15H,4,8,10,13H2. The largest absolute Gasteiger partial charge is 0.398 e. The highest BCUT2D eigenvalue weighted by Crippen LogP contribution is 2.16. The zero-order chi connectivity index (χ0) is 13.7. The predicted octanol–water partition coefficient (Wildman–Crippen LogP) is 0.834. The van der Waals surface area contributed by atoms with Crippen molar-refractivity contribution in [2.45, 2.75) is 17.9 Å². The van der Waals surface area contributed by atoms with E-state index in [2.05, 4.69) is 9.82 Å². The summed E-state index contributed by atoms with van der Waals surface area (Å²) < 4.78 is 28.3. The molecule has 1 aromatic heterocycles. The SMILES string of the molecule is Nc1ccccc1S(=O)(=O)NCCCn1cccn1. The molecule has 0 radical (unpaired) electrons. The molecule has 3 N–H and O–H groups in total. The second-order valence-corrected chi connectivity index (χ2v) is 5.79. The van der Waals surface area contributed by atoms with E-state index in [1.807, 2.05) is 12.3 Å². The quantitative estimate of drug-likeness (QED) is 0.606. The van der Waals surface area contributed by atoms with E-state index in [0.717, 1.165) is 0 Å². The number of sulfonamides is 1. The van der Waals surface area contributed by atoms with Gasteiger partial charge in [-0.3, -0.25) is 4.68 Å². The fourth-order valence-corrected chi connectivity index (χ4v) is 2.89. The Labute approximate surface area is 112 Å². The highest BCUT2D eigenvalue weighted by molar-refractivity contribution is 7.89. The molecule has 0 amide bonds. The zero-order valence-corrected chi connectivity index (χ0v) is 11.2. The van der Waals surface area contributed by atoms with Crippen LogP contribution in [0.3, 0.4) is 0 Å². The van der Waals surface area contributed by atoms with E-state index in [0.29, 0.717) is 19.5 Å². The summed E-state index contributed by atoms with van der Waals surface area (Å²) in [5.74, 6) is 0. The molecule has 1 heterocycles.